The van der Waals surface area contributed by atoms with Crippen LogP contribution in [0.2, 0.25) is 0 Å². The van der Waals surface area contributed by atoms with Gasteiger partial charge in [-0.15, -0.1) is 0 Å². The van der Waals surface area contributed by atoms with Crippen molar-refractivity contribution in [2.75, 3.05) is 18.0 Å². The minimum atomic E-state index is -1.08. The summed E-state index contributed by atoms with van der Waals surface area (Å²) >= 11 is 0. The van der Waals surface area contributed by atoms with Crippen molar-refractivity contribution < 1.29 is 20.7 Å². The van der Waals surface area contributed by atoms with Crippen LogP contribution < -0.4 is 10.6 Å². The summed E-state index contributed by atoms with van der Waals surface area (Å²) in [4.78, 5) is 39.2. The number of carbonyl (C=O) groups is 1. The van der Waals surface area contributed by atoms with Crippen molar-refractivity contribution in [1.29, 1.82) is 0 Å². The Hall–Kier alpha value is -4.73. The number of amides is 1. The van der Waals surface area contributed by atoms with Crippen LogP contribution in [0.15, 0.2) is 66.3 Å². The average Bonchev–Trinajstić information content (AvgIpc) is 3.00. The van der Waals surface area contributed by atoms with Gasteiger partial charge in [-0.2, -0.15) is 4.98 Å². The smallest absolute Gasteiger partial charge is 0.347 e. The Labute approximate surface area is 269 Å². The van der Waals surface area contributed by atoms with Crippen molar-refractivity contribution in [2.45, 2.75) is 65.5 Å². The van der Waals surface area contributed by atoms with E-state index in [0.717, 1.165) is 11.6 Å². The molecular weight excluding hydrogens is 591 g/mol. The molecule has 4 aromatic rings. The predicted molar refractivity (Wildman–Crippen MR) is 177 cm³/mol. The van der Waals surface area contributed by atoms with Gasteiger partial charge in [0.25, 0.3) is 5.91 Å². The maximum absolute atomic E-state index is 16.4. The van der Waals surface area contributed by atoms with E-state index in [4.69, 9.17) is 2.74 Å². The minimum absolute atomic E-state index is 0.0474. The van der Waals surface area contributed by atoms with Gasteiger partial charge in [-0.05, 0) is 61.1 Å². The lowest BCUT2D eigenvalue weighted by Gasteiger charge is -2.45. The zero-order valence-corrected chi connectivity index (χ0v) is 26.7. The molecule has 0 N–H and O–H groups in total. The largest absolute Gasteiger partial charge is 0.354 e. The van der Waals surface area contributed by atoms with Crippen LogP contribution in [0.4, 0.5) is 19.0 Å². The van der Waals surface area contributed by atoms with E-state index in [1.54, 1.807) is 20.0 Å². The lowest BCUT2D eigenvalue weighted by molar-refractivity contribution is -0.129. The third kappa shape index (κ3) is 5.61. The molecule has 240 valence electrons. The van der Waals surface area contributed by atoms with Crippen molar-refractivity contribution in [3.8, 4) is 16.8 Å². The fraction of sp³-hybridized carbons (Fsp3) is 0.333. The van der Waals surface area contributed by atoms with Crippen LogP contribution in [0.25, 0.3) is 33.8 Å². The Kier molecular flexibility index (Phi) is 8.19. The van der Waals surface area contributed by atoms with Gasteiger partial charge in [-0.3, -0.25) is 14.3 Å². The maximum Gasteiger partial charge on any atom is 0.354 e. The summed E-state index contributed by atoms with van der Waals surface area (Å²) in [6.45, 7) is 14.2. The zero-order chi connectivity index (χ0) is 35.2. The number of fused-ring (bicyclic) bond motifs is 1. The van der Waals surface area contributed by atoms with Crippen LogP contribution in [0.1, 0.15) is 72.9 Å². The second-order valence-corrected chi connectivity index (χ2v) is 12.4. The molecule has 1 aliphatic rings. The van der Waals surface area contributed by atoms with Gasteiger partial charge in [-0.25, -0.2) is 18.0 Å². The number of carbonyl (C=O) groups excluding carboxylic acids is 1. The van der Waals surface area contributed by atoms with Crippen LogP contribution in [0, 0.1) is 11.6 Å². The van der Waals surface area contributed by atoms with E-state index in [1.807, 2.05) is 38.7 Å². The number of hydrogen-bond donors (Lipinski definition) is 0. The van der Waals surface area contributed by atoms with E-state index in [0.29, 0.717) is 11.4 Å². The molecule has 0 bridgehead atoms. The highest BCUT2D eigenvalue weighted by molar-refractivity contribution is 5.96. The Bertz CT molecular complexity index is 1990. The summed E-state index contributed by atoms with van der Waals surface area (Å²) in [5, 5.41) is 0.257. The summed E-state index contributed by atoms with van der Waals surface area (Å²) in [5.74, 6) is -3.48. The number of pyridine rings is 1. The summed E-state index contributed by atoms with van der Waals surface area (Å²) in [5.41, 5.74) is 1.29. The molecule has 0 spiro atoms. The number of piperazine rings is 1. The summed E-state index contributed by atoms with van der Waals surface area (Å²) in [6.07, 6.45) is 2.81. The molecule has 1 amide bonds. The molecule has 0 unspecified atom stereocenters. The molecule has 2 aromatic carbocycles. The molecule has 7 nitrogen and oxygen atoms in total. The first-order valence-electron chi connectivity index (χ1n) is 16.2. The summed E-state index contributed by atoms with van der Waals surface area (Å²) in [7, 11) is 0. The summed E-state index contributed by atoms with van der Waals surface area (Å²) in [6, 6.07) is 7.59. The lowest BCUT2D eigenvalue weighted by atomic mass is 9.95. The van der Waals surface area contributed by atoms with Gasteiger partial charge in [0.2, 0.25) is 0 Å². The number of hydrogen-bond acceptors (Lipinski definition) is 5. The quantitative estimate of drug-likeness (QED) is 0.197. The Balaban J connectivity index is 1.89. The molecule has 46 heavy (non-hydrogen) atoms. The van der Waals surface area contributed by atoms with Gasteiger partial charge < -0.3 is 9.80 Å². The van der Waals surface area contributed by atoms with Crippen molar-refractivity contribution in [3.05, 3.63) is 100 Å². The highest BCUT2D eigenvalue weighted by Gasteiger charge is 2.36. The zero-order valence-electron chi connectivity index (χ0n) is 28.7. The highest BCUT2D eigenvalue weighted by atomic mass is 19.1. The number of nitrogens with zero attached hydrogens (tertiary/aromatic N) is 5. The molecule has 2 aromatic heterocycles. The first-order valence-corrected chi connectivity index (χ1v) is 15.2. The molecule has 0 saturated carbocycles. The van der Waals surface area contributed by atoms with E-state index in [1.165, 1.54) is 39.8 Å². The molecule has 2 atom stereocenters. The molecule has 1 fully saturated rings. The van der Waals surface area contributed by atoms with Crippen molar-refractivity contribution in [1.82, 2.24) is 19.4 Å². The minimum Gasteiger partial charge on any atom is -0.347 e. The van der Waals surface area contributed by atoms with Gasteiger partial charge in [0.1, 0.15) is 17.5 Å². The molecule has 3 heterocycles. The van der Waals surface area contributed by atoms with Crippen molar-refractivity contribution in [3.63, 3.8) is 0 Å². The van der Waals surface area contributed by atoms with Crippen LogP contribution in [0.3, 0.4) is 0 Å². The van der Waals surface area contributed by atoms with E-state index < -0.39 is 47.7 Å². The second-order valence-electron chi connectivity index (χ2n) is 12.4. The molecule has 10 heteroatoms. The van der Waals surface area contributed by atoms with E-state index in [9.17, 15) is 14.0 Å². The Morgan fingerprint density at radius 3 is 2.37 bits per heavy atom. The van der Waals surface area contributed by atoms with E-state index in [2.05, 4.69) is 16.5 Å². The van der Waals surface area contributed by atoms with Gasteiger partial charge >= 0.3 is 5.69 Å². The molecule has 0 aliphatic carbocycles. The van der Waals surface area contributed by atoms with E-state index in [-0.39, 0.29) is 58.3 Å². The van der Waals surface area contributed by atoms with Crippen LogP contribution >= 0.6 is 0 Å². The molecule has 1 aliphatic heterocycles. The maximum atomic E-state index is 16.4. The van der Waals surface area contributed by atoms with Crippen molar-refractivity contribution >= 4 is 28.7 Å². The normalized spacial score (nSPS) is 17.4. The number of anilines is 1. The van der Waals surface area contributed by atoms with Crippen LogP contribution in [0.5, 0.6) is 0 Å². The van der Waals surface area contributed by atoms with Gasteiger partial charge in [0.05, 0.1) is 19.6 Å². The number of aromatic nitrogens is 3. The number of rotatable bonds is 7. The fourth-order valence-electron chi connectivity index (χ4n) is 6.48. The highest BCUT2D eigenvalue weighted by Crippen LogP contribution is 2.39. The predicted octanol–water partition coefficient (Wildman–Crippen LogP) is 7.52. The van der Waals surface area contributed by atoms with Gasteiger partial charge in [-0.1, -0.05) is 59.0 Å². The SMILES string of the molecule is [2H]C([2H])=Cc1cccc(F)c1-c1cc2c(cc1F)c(N1[C@@H](C)CN(C(=O)C(=C)F)C[C@@H]1C)nc(=O)n2-c1c(C(C)C)ccnc1C(C)C. The third-order valence-corrected chi connectivity index (χ3v) is 8.49. The van der Waals surface area contributed by atoms with Crippen LogP contribution in [-0.2, 0) is 4.79 Å². The Morgan fingerprint density at radius 2 is 1.76 bits per heavy atom. The summed E-state index contributed by atoms with van der Waals surface area (Å²) < 4.78 is 62.5. The topological polar surface area (TPSA) is 71.3 Å². The second kappa shape index (κ2) is 12.6. The average molecular weight is 632 g/mol. The fourth-order valence-corrected chi connectivity index (χ4v) is 6.48. The molecule has 0 radical (unpaired) electrons. The van der Waals surface area contributed by atoms with Gasteiger partial charge in [0, 0.05) is 47.9 Å². The number of benzene rings is 2. The monoisotopic (exact) mass is 631 g/mol. The Morgan fingerprint density at radius 1 is 1.07 bits per heavy atom. The van der Waals surface area contributed by atoms with Crippen molar-refractivity contribution in [2.24, 2.45) is 0 Å². The van der Waals surface area contributed by atoms with Crippen LogP contribution in [-0.4, -0.2) is 50.5 Å². The molecule has 1 saturated heterocycles. The lowest BCUT2D eigenvalue weighted by Crippen LogP contribution is -2.59. The standard InChI is InChI=1S/C36H38F3N5O2/c1-9-24-11-10-12-28(38)31(24)26-16-30-27(15-29(26)39)34(43-21(6)17-42(18-22(43)7)35(45)23(8)37)41-36(46)44(30)33-25(19(2)3)13-14-40-32(33)20(4)5/h9-16,19-22H,1,8,17-18H2,2-7H3/t21-,22-/m0/s1/i1D2. The third-order valence-electron chi connectivity index (χ3n) is 8.49. The van der Waals surface area contributed by atoms with Gasteiger partial charge in [0.15, 0.2) is 5.83 Å². The number of halogens is 3. The first-order chi connectivity index (χ1) is 22.6. The molecular formula is C36H38F3N5O2. The first kappa shape index (κ1) is 30.0. The molecule has 5 rings (SSSR count). The van der Waals surface area contributed by atoms with E-state index >= 15 is 8.78 Å².